The molecule has 1 aromatic heterocycles. The van der Waals surface area contributed by atoms with Gasteiger partial charge in [0.25, 0.3) is 0 Å². The number of nitrogens with zero attached hydrogens (tertiary/aromatic N) is 2. The van der Waals surface area contributed by atoms with Crippen LogP contribution >= 0.6 is 22.6 Å². The minimum Gasteiger partial charge on any atom is -0.449 e. The van der Waals surface area contributed by atoms with Gasteiger partial charge in [-0.15, -0.1) is 0 Å². The molecule has 2 N–H and O–H groups in total. The summed E-state index contributed by atoms with van der Waals surface area (Å²) in [7, 11) is 0. The highest BCUT2D eigenvalue weighted by Gasteiger charge is 2.34. The number of carbonyl (C=O) groups excluding carboxylic acids is 1. The number of hydrogen-bond donors (Lipinski definition) is 1. The first-order valence-corrected chi connectivity index (χ1v) is 7.38. The molecule has 5 nitrogen and oxygen atoms in total. The average molecular weight is 361 g/mol. The van der Waals surface area contributed by atoms with Gasteiger partial charge in [0.2, 0.25) is 0 Å². The van der Waals surface area contributed by atoms with Crippen molar-refractivity contribution in [3.8, 4) is 0 Å². The monoisotopic (exact) mass is 361 g/mol. The molecule has 2 aliphatic rings. The molecule has 0 unspecified atom stereocenters. The van der Waals surface area contributed by atoms with Crippen LogP contribution in [-0.4, -0.2) is 22.5 Å². The summed E-state index contributed by atoms with van der Waals surface area (Å²) in [6, 6.07) is 0.465. The summed E-state index contributed by atoms with van der Waals surface area (Å²) < 4.78 is 8.19. The van der Waals surface area contributed by atoms with Crippen LogP contribution in [0.5, 0.6) is 0 Å². The molecule has 18 heavy (non-hydrogen) atoms. The van der Waals surface area contributed by atoms with Gasteiger partial charge in [0, 0.05) is 12.1 Å². The fourth-order valence-corrected chi connectivity index (χ4v) is 3.29. The number of hydrogen-bond acceptors (Lipinski definition) is 3. The fraction of sp³-hybridized carbons (Fsp3) is 0.667. The standard InChI is InChI=1S/C12H16IN3O2/c13-10-5-16(15-11(10)8-1-2-8)9-3-7(4-9)6-18-12(14)17/h5,7-9H,1-4,6H2,(H2,14,17)/t7-,9-. The third kappa shape index (κ3) is 2.48. The molecule has 0 bridgehead atoms. The highest BCUT2D eigenvalue weighted by atomic mass is 127. The molecule has 0 spiro atoms. The molecule has 2 saturated carbocycles. The summed E-state index contributed by atoms with van der Waals surface area (Å²) >= 11 is 2.37. The number of halogens is 1. The lowest BCUT2D eigenvalue weighted by molar-refractivity contribution is 0.0806. The molecule has 0 radical (unpaired) electrons. The van der Waals surface area contributed by atoms with E-state index in [9.17, 15) is 4.79 Å². The molecule has 0 aromatic carbocycles. The van der Waals surface area contributed by atoms with Crippen molar-refractivity contribution in [2.45, 2.75) is 37.6 Å². The second kappa shape index (κ2) is 4.71. The van der Waals surface area contributed by atoms with Crippen molar-refractivity contribution in [3.63, 3.8) is 0 Å². The van der Waals surface area contributed by atoms with Gasteiger partial charge in [-0.05, 0) is 54.2 Å². The molecule has 1 heterocycles. The third-order valence-corrected chi connectivity index (χ3v) is 4.55. The Morgan fingerprint density at radius 2 is 2.28 bits per heavy atom. The van der Waals surface area contributed by atoms with E-state index in [1.54, 1.807) is 0 Å². The van der Waals surface area contributed by atoms with E-state index in [1.165, 1.54) is 22.1 Å². The van der Waals surface area contributed by atoms with Crippen molar-refractivity contribution in [2.24, 2.45) is 11.7 Å². The van der Waals surface area contributed by atoms with Crippen LogP contribution in [-0.2, 0) is 4.74 Å². The average Bonchev–Trinajstić information content (AvgIpc) is 3.01. The number of amides is 1. The lowest BCUT2D eigenvalue weighted by Gasteiger charge is -2.34. The molecule has 2 fully saturated rings. The van der Waals surface area contributed by atoms with Crippen LogP contribution in [0.25, 0.3) is 0 Å². The predicted octanol–water partition coefficient (Wildman–Crippen LogP) is 2.41. The molecule has 6 heteroatoms. The Morgan fingerprint density at radius 3 is 2.89 bits per heavy atom. The van der Waals surface area contributed by atoms with E-state index in [4.69, 9.17) is 15.6 Å². The van der Waals surface area contributed by atoms with Crippen LogP contribution in [0.2, 0.25) is 0 Å². The lowest BCUT2D eigenvalue weighted by Crippen LogP contribution is -2.32. The number of ether oxygens (including phenoxy) is 1. The van der Waals surface area contributed by atoms with Crippen molar-refractivity contribution in [1.29, 1.82) is 0 Å². The van der Waals surface area contributed by atoms with E-state index in [-0.39, 0.29) is 0 Å². The van der Waals surface area contributed by atoms with Crippen LogP contribution in [0.4, 0.5) is 4.79 Å². The SMILES string of the molecule is NC(=O)OC[C@H]1C[C@H](n2cc(I)c(C3CC3)n2)C1. The molecular formula is C12H16IN3O2. The van der Waals surface area contributed by atoms with Crippen LogP contribution in [0.15, 0.2) is 6.20 Å². The first-order chi connectivity index (χ1) is 8.63. The van der Waals surface area contributed by atoms with Crippen LogP contribution < -0.4 is 5.73 Å². The summed E-state index contributed by atoms with van der Waals surface area (Å²) in [5, 5.41) is 4.70. The highest BCUT2D eigenvalue weighted by molar-refractivity contribution is 14.1. The summed E-state index contributed by atoms with van der Waals surface area (Å²) in [6.07, 6.45) is 6.08. The number of rotatable bonds is 4. The first kappa shape index (κ1) is 12.3. The Kier molecular flexibility index (Phi) is 3.21. The summed E-state index contributed by atoms with van der Waals surface area (Å²) in [5.74, 6) is 1.14. The quantitative estimate of drug-likeness (QED) is 0.838. The van der Waals surface area contributed by atoms with Gasteiger partial charge in [-0.25, -0.2) is 4.79 Å². The van der Waals surface area contributed by atoms with E-state index >= 15 is 0 Å². The zero-order chi connectivity index (χ0) is 12.7. The van der Waals surface area contributed by atoms with Crippen molar-refractivity contribution in [2.75, 3.05) is 6.61 Å². The molecule has 98 valence electrons. The maximum absolute atomic E-state index is 10.5. The maximum atomic E-state index is 10.5. The van der Waals surface area contributed by atoms with Crippen LogP contribution in [0.1, 0.15) is 43.3 Å². The Balaban J connectivity index is 1.54. The third-order valence-electron chi connectivity index (χ3n) is 3.72. The zero-order valence-electron chi connectivity index (χ0n) is 10.0. The largest absolute Gasteiger partial charge is 0.449 e. The van der Waals surface area contributed by atoms with E-state index in [2.05, 4.69) is 33.5 Å². The van der Waals surface area contributed by atoms with E-state index in [1.807, 2.05) is 0 Å². The van der Waals surface area contributed by atoms with E-state index < -0.39 is 6.09 Å². The Labute approximate surface area is 119 Å². The number of primary amides is 1. The summed E-state index contributed by atoms with van der Waals surface area (Å²) in [5.41, 5.74) is 6.22. The minimum atomic E-state index is -0.678. The first-order valence-electron chi connectivity index (χ1n) is 6.30. The minimum absolute atomic E-state index is 0.439. The molecule has 2 aliphatic carbocycles. The predicted molar refractivity (Wildman–Crippen MR) is 74.2 cm³/mol. The molecule has 0 aliphatic heterocycles. The van der Waals surface area contributed by atoms with Crippen molar-refractivity contribution < 1.29 is 9.53 Å². The molecule has 3 rings (SSSR count). The Bertz CT molecular complexity index is 464. The van der Waals surface area contributed by atoms with Gasteiger partial charge in [0.05, 0.1) is 21.9 Å². The second-order valence-electron chi connectivity index (χ2n) is 5.24. The van der Waals surface area contributed by atoms with Gasteiger partial charge < -0.3 is 10.5 Å². The van der Waals surface area contributed by atoms with Crippen LogP contribution in [0.3, 0.4) is 0 Å². The van der Waals surface area contributed by atoms with Gasteiger partial charge >= 0.3 is 6.09 Å². The normalized spacial score (nSPS) is 26.7. The van der Waals surface area contributed by atoms with Gasteiger partial charge in [-0.3, -0.25) is 4.68 Å². The number of nitrogens with two attached hydrogens (primary N) is 1. The number of aromatic nitrogens is 2. The van der Waals surface area contributed by atoms with Gasteiger partial charge in [-0.2, -0.15) is 5.10 Å². The Hall–Kier alpha value is -0.790. The van der Waals surface area contributed by atoms with Gasteiger partial charge in [0.1, 0.15) is 0 Å². The zero-order valence-corrected chi connectivity index (χ0v) is 12.2. The molecule has 1 aromatic rings. The van der Waals surface area contributed by atoms with E-state index in [0.29, 0.717) is 24.5 Å². The van der Waals surface area contributed by atoms with Gasteiger partial charge in [0.15, 0.2) is 0 Å². The van der Waals surface area contributed by atoms with Crippen LogP contribution in [0, 0.1) is 9.49 Å². The molecule has 0 saturated heterocycles. The topological polar surface area (TPSA) is 70.1 Å². The summed E-state index contributed by atoms with van der Waals surface area (Å²) in [6.45, 7) is 0.444. The van der Waals surface area contributed by atoms with E-state index in [0.717, 1.165) is 12.8 Å². The lowest BCUT2D eigenvalue weighted by atomic mass is 9.81. The highest BCUT2D eigenvalue weighted by Crippen LogP contribution is 2.43. The Morgan fingerprint density at radius 1 is 1.56 bits per heavy atom. The van der Waals surface area contributed by atoms with Gasteiger partial charge in [-0.1, -0.05) is 0 Å². The molecule has 1 amide bonds. The molecule has 0 atom stereocenters. The fourth-order valence-electron chi connectivity index (χ4n) is 2.46. The van der Waals surface area contributed by atoms with Crippen molar-refractivity contribution in [1.82, 2.24) is 9.78 Å². The molecular weight excluding hydrogens is 345 g/mol. The second-order valence-corrected chi connectivity index (χ2v) is 6.40. The van der Waals surface area contributed by atoms with Crippen molar-refractivity contribution >= 4 is 28.7 Å². The maximum Gasteiger partial charge on any atom is 0.404 e. The smallest absolute Gasteiger partial charge is 0.404 e. The number of carbonyl (C=O) groups is 1. The summed E-state index contributed by atoms with van der Waals surface area (Å²) in [4.78, 5) is 10.5. The van der Waals surface area contributed by atoms with Crippen molar-refractivity contribution in [3.05, 3.63) is 15.5 Å².